The maximum absolute atomic E-state index is 12.6. The molecule has 1 aromatic heterocycles. The van der Waals surface area contributed by atoms with Crippen LogP contribution in [-0.2, 0) is 13.2 Å². The largest absolute Gasteiger partial charge is 0.495 e. The minimum absolute atomic E-state index is 0.00281. The highest BCUT2D eigenvalue weighted by molar-refractivity contribution is 7.73. The van der Waals surface area contributed by atoms with Crippen LogP contribution in [0.25, 0.3) is 0 Å². The van der Waals surface area contributed by atoms with Gasteiger partial charge in [0.1, 0.15) is 5.75 Å². The van der Waals surface area contributed by atoms with Crippen LogP contribution < -0.4 is 19.5 Å². The van der Waals surface area contributed by atoms with Crippen molar-refractivity contribution in [1.82, 2.24) is 14.7 Å². The second kappa shape index (κ2) is 10.5. The molecule has 31 heavy (non-hydrogen) atoms. The molecule has 0 radical (unpaired) electrons. The zero-order valence-electron chi connectivity index (χ0n) is 17.2. The van der Waals surface area contributed by atoms with Crippen LogP contribution in [0, 0.1) is 3.95 Å². The number of hydrogen-bond donors (Lipinski definition) is 1. The van der Waals surface area contributed by atoms with Gasteiger partial charge in [0, 0.05) is 6.54 Å². The Morgan fingerprint density at radius 2 is 1.87 bits per heavy atom. The summed E-state index contributed by atoms with van der Waals surface area (Å²) < 4.78 is 42.5. The Balaban J connectivity index is 1.68. The molecule has 3 aromatic rings. The number of nitrogens with one attached hydrogen (secondary N) is 1. The molecule has 0 saturated carbocycles. The van der Waals surface area contributed by atoms with E-state index in [2.05, 4.69) is 15.2 Å². The van der Waals surface area contributed by atoms with Gasteiger partial charge in [-0.3, -0.25) is 4.90 Å². The van der Waals surface area contributed by atoms with E-state index in [0.29, 0.717) is 28.0 Å². The molecule has 1 N–H and O–H groups in total. The zero-order valence-corrected chi connectivity index (χ0v) is 18.8. The maximum atomic E-state index is 12.6. The number of alkyl halides is 2. The molecule has 0 bridgehead atoms. The molecular weight excluding hydrogens is 446 g/mol. The summed E-state index contributed by atoms with van der Waals surface area (Å²) >= 11 is 6.78. The first-order valence-corrected chi connectivity index (χ1v) is 10.4. The minimum atomic E-state index is -2.93. The molecule has 0 saturated heterocycles. The molecule has 0 unspecified atom stereocenters. The maximum Gasteiger partial charge on any atom is 0.387 e. The van der Waals surface area contributed by atoms with Gasteiger partial charge in [-0.2, -0.15) is 8.78 Å². The van der Waals surface area contributed by atoms with Gasteiger partial charge in [-0.05, 0) is 49.1 Å². The summed E-state index contributed by atoms with van der Waals surface area (Å²) in [5.41, 5.74) is 1.58. The second-order valence-corrected chi connectivity index (χ2v) is 8.14. The van der Waals surface area contributed by atoms with Crippen LogP contribution in [0.15, 0.2) is 42.5 Å². The molecule has 2 aromatic carbocycles. The van der Waals surface area contributed by atoms with Crippen molar-refractivity contribution in [2.75, 3.05) is 26.6 Å². The van der Waals surface area contributed by atoms with Gasteiger partial charge in [0.2, 0.25) is 5.13 Å². The zero-order chi connectivity index (χ0) is 22.4. The summed E-state index contributed by atoms with van der Waals surface area (Å²) in [5.74, 6) is 0.950. The molecule has 0 aliphatic rings. The predicted molar refractivity (Wildman–Crippen MR) is 118 cm³/mol. The third-order valence-corrected chi connectivity index (χ3v) is 5.45. The van der Waals surface area contributed by atoms with E-state index in [1.807, 2.05) is 36.2 Å². The summed E-state index contributed by atoms with van der Waals surface area (Å²) in [6, 6.07) is 12.5. The van der Waals surface area contributed by atoms with Crippen molar-refractivity contribution in [2.45, 2.75) is 19.8 Å². The summed E-state index contributed by atoms with van der Waals surface area (Å²) in [6.07, 6.45) is 0. The molecule has 166 valence electrons. The third kappa shape index (κ3) is 6.12. The Labute approximate surface area is 187 Å². The lowest BCUT2D eigenvalue weighted by atomic mass is 10.2. The molecule has 11 heteroatoms. The van der Waals surface area contributed by atoms with Gasteiger partial charge in [0.05, 0.1) is 26.6 Å². The van der Waals surface area contributed by atoms with Crippen LogP contribution in [-0.4, -0.2) is 42.6 Å². The van der Waals surface area contributed by atoms with E-state index in [9.17, 15) is 8.78 Å². The lowest BCUT2D eigenvalue weighted by Gasteiger charge is -2.18. The predicted octanol–water partition coefficient (Wildman–Crippen LogP) is 5.13. The van der Waals surface area contributed by atoms with Crippen LogP contribution in [0.2, 0.25) is 0 Å². The lowest BCUT2D eigenvalue weighted by molar-refractivity contribution is -0.0512. The average molecular weight is 469 g/mol. The van der Waals surface area contributed by atoms with Crippen molar-refractivity contribution in [3.05, 3.63) is 52.0 Å². The van der Waals surface area contributed by atoms with Crippen LogP contribution in [0.3, 0.4) is 0 Å². The van der Waals surface area contributed by atoms with E-state index < -0.39 is 6.61 Å². The van der Waals surface area contributed by atoms with Gasteiger partial charge in [-0.1, -0.05) is 29.5 Å². The Morgan fingerprint density at radius 1 is 1.13 bits per heavy atom. The fraction of sp³-hybridized carbons (Fsp3) is 0.300. The Kier molecular flexibility index (Phi) is 7.77. The fourth-order valence-electron chi connectivity index (χ4n) is 2.91. The Bertz CT molecular complexity index is 1070. The summed E-state index contributed by atoms with van der Waals surface area (Å²) in [7, 11) is 4.89. The molecule has 0 amide bonds. The minimum Gasteiger partial charge on any atom is -0.495 e. The first-order valence-electron chi connectivity index (χ1n) is 9.18. The van der Waals surface area contributed by atoms with Crippen molar-refractivity contribution in [3.8, 4) is 17.2 Å². The van der Waals surface area contributed by atoms with Gasteiger partial charge < -0.3 is 19.5 Å². The van der Waals surface area contributed by atoms with Crippen molar-refractivity contribution in [3.63, 3.8) is 0 Å². The number of benzene rings is 2. The monoisotopic (exact) mass is 468 g/mol. The number of aromatic nitrogens is 2. The number of anilines is 2. The summed E-state index contributed by atoms with van der Waals surface area (Å²) in [4.78, 5) is 1.95. The molecule has 7 nitrogen and oxygen atoms in total. The highest BCUT2D eigenvalue weighted by atomic mass is 32.1. The van der Waals surface area contributed by atoms with E-state index in [4.69, 9.17) is 21.7 Å². The Morgan fingerprint density at radius 3 is 2.58 bits per heavy atom. The van der Waals surface area contributed by atoms with Gasteiger partial charge >= 0.3 is 6.61 Å². The van der Waals surface area contributed by atoms with Crippen LogP contribution in [0.5, 0.6) is 17.2 Å². The molecule has 1 heterocycles. The summed E-state index contributed by atoms with van der Waals surface area (Å²) in [5, 5.41) is 8.38. The second-order valence-electron chi connectivity index (χ2n) is 6.52. The van der Waals surface area contributed by atoms with Crippen molar-refractivity contribution < 1.29 is 23.0 Å². The van der Waals surface area contributed by atoms with Crippen LogP contribution >= 0.6 is 23.6 Å². The molecular formula is C20H22F2N4O3S2. The van der Waals surface area contributed by atoms with Gasteiger partial charge in [-0.25, -0.2) is 4.68 Å². The normalized spacial score (nSPS) is 11.1. The SMILES string of the molecule is COc1ccccc1Nc1nn(CN(C)Cc2ccc(OC)c(OC(F)F)c2)c(=S)s1. The molecule has 0 fully saturated rings. The lowest BCUT2D eigenvalue weighted by Crippen LogP contribution is -2.22. The van der Waals surface area contributed by atoms with E-state index in [-0.39, 0.29) is 11.5 Å². The summed E-state index contributed by atoms with van der Waals surface area (Å²) in [6.45, 7) is -2.04. The van der Waals surface area contributed by atoms with E-state index in [1.54, 1.807) is 23.9 Å². The number of nitrogens with zero attached hydrogens (tertiary/aromatic N) is 3. The number of rotatable bonds is 10. The van der Waals surface area contributed by atoms with E-state index in [0.717, 1.165) is 11.3 Å². The average Bonchev–Trinajstić information content (AvgIpc) is 3.06. The first-order chi connectivity index (χ1) is 14.9. The fourth-order valence-corrected chi connectivity index (χ4v) is 3.91. The van der Waals surface area contributed by atoms with Gasteiger partial charge in [0.25, 0.3) is 0 Å². The number of ether oxygens (including phenoxy) is 3. The van der Waals surface area contributed by atoms with Gasteiger partial charge in [-0.15, -0.1) is 5.10 Å². The number of halogens is 2. The van der Waals surface area contributed by atoms with E-state index >= 15 is 0 Å². The molecule has 0 spiro atoms. The Hall–Kier alpha value is -2.76. The number of para-hydroxylation sites is 2. The molecule has 0 atom stereocenters. The van der Waals surface area contributed by atoms with Gasteiger partial charge in [0.15, 0.2) is 15.5 Å². The van der Waals surface area contributed by atoms with Crippen molar-refractivity contribution in [2.24, 2.45) is 0 Å². The van der Waals surface area contributed by atoms with Crippen LogP contribution in [0.1, 0.15) is 5.56 Å². The standard InChI is InChI=1S/C20H22F2N4O3S2/c1-25(11-13-8-9-16(28-3)17(10-13)29-18(21)22)12-26-20(30)31-19(24-26)23-14-6-4-5-7-15(14)27-2/h4-10,18H,11-12H2,1-3H3,(H,23,24). The van der Waals surface area contributed by atoms with Crippen molar-refractivity contribution in [1.29, 1.82) is 0 Å². The smallest absolute Gasteiger partial charge is 0.387 e. The van der Waals surface area contributed by atoms with E-state index in [1.165, 1.54) is 24.5 Å². The number of methoxy groups -OCH3 is 2. The molecule has 0 aliphatic heterocycles. The number of hydrogen-bond acceptors (Lipinski definition) is 8. The van der Waals surface area contributed by atoms with Crippen LogP contribution in [0.4, 0.5) is 19.6 Å². The first kappa shape index (κ1) is 22.9. The van der Waals surface area contributed by atoms with Crippen molar-refractivity contribution >= 4 is 34.4 Å². The highest BCUT2D eigenvalue weighted by Gasteiger charge is 2.13. The topological polar surface area (TPSA) is 60.8 Å². The molecule has 3 rings (SSSR count). The molecule has 0 aliphatic carbocycles. The third-order valence-electron chi connectivity index (χ3n) is 4.23. The highest BCUT2D eigenvalue weighted by Crippen LogP contribution is 2.30. The quantitative estimate of drug-likeness (QED) is 0.414.